The number of carboxylic acids is 1. The van der Waals surface area contributed by atoms with Crippen LogP contribution in [0.3, 0.4) is 0 Å². The lowest BCUT2D eigenvalue weighted by Gasteiger charge is -2.40. The highest BCUT2D eigenvalue weighted by Gasteiger charge is 2.29. The molecule has 2 heterocycles. The normalized spacial score (nSPS) is 18.6. The Morgan fingerprint density at radius 3 is 2.44 bits per heavy atom. The first-order valence-electron chi connectivity index (χ1n) is 13.0. The topological polar surface area (TPSA) is 62.7 Å². The summed E-state index contributed by atoms with van der Waals surface area (Å²) in [5.74, 6) is 0.894. The summed E-state index contributed by atoms with van der Waals surface area (Å²) < 4.78 is 6.06. The number of carbonyl (C=O) groups is 1. The Kier molecular flexibility index (Phi) is 7.80. The quantitative estimate of drug-likeness (QED) is 0.473. The smallest absolute Gasteiger partial charge is 0.307 e. The molecule has 1 aromatic carbocycles. The second-order valence-corrected chi connectivity index (χ2v) is 11.0. The molecule has 184 valence electrons. The van der Waals surface area contributed by atoms with Crippen molar-refractivity contribution in [3.8, 4) is 16.9 Å². The van der Waals surface area contributed by atoms with Crippen LogP contribution in [0, 0.1) is 18.3 Å². The zero-order chi connectivity index (χ0) is 24.1. The van der Waals surface area contributed by atoms with E-state index < -0.39 is 5.97 Å². The molecule has 1 aliphatic heterocycles. The minimum Gasteiger partial charge on any atom is -0.494 e. The highest BCUT2D eigenvalue weighted by Crippen LogP contribution is 2.40. The number of aliphatic carboxylic acids is 1. The molecule has 2 aromatic rings. The second kappa shape index (κ2) is 10.8. The first kappa shape index (κ1) is 24.6. The van der Waals surface area contributed by atoms with Crippen LogP contribution in [0.4, 0.5) is 5.69 Å². The first-order valence-corrected chi connectivity index (χ1v) is 13.0. The number of ether oxygens (including phenoxy) is 1. The van der Waals surface area contributed by atoms with Crippen molar-refractivity contribution in [3.63, 3.8) is 0 Å². The fourth-order valence-electron chi connectivity index (χ4n) is 5.46. The van der Waals surface area contributed by atoms with Crippen LogP contribution in [0.25, 0.3) is 11.1 Å². The van der Waals surface area contributed by atoms with E-state index in [0.29, 0.717) is 5.41 Å². The molecule has 0 radical (unpaired) electrons. The molecule has 5 nitrogen and oxygen atoms in total. The molecule has 0 unspecified atom stereocenters. The summed E-state index contributed by atoms with van der Waals surface area (Å²) in [7, 11) is 0. The van der Waals surface area contributed by atoms with Gasteiger partial charge >= 0.3 is 5.97 Å². The van der Waals surface area contributed by atoms with Gasteiger partial charge in [-0.3, -0.25) is 9.78 Å². The summed E-state index contributed by atoms with van der Waals surface area (Å²) in [6.07, 6.45) is 12.0. The fourth-order valence-corrected chi connectivity index (χ4v) is 5.46. The van der Waals surface area contributed by atoms with Crippen molar-refractivity contribution >= 4 is 11.7 Å². The third-order valence-electron chi connectivity index (χ3n) is 7.81. The predicted octanol–water partition coefficient (Wildman–Crippen LogP) is 6.66. The molecule has 1 N–H and O–H groups in total. The van der Waals surface area contributed by atoms with E-state index in [4.69, 9.17) is 4.74 Å². The van der Waals surface area contributed by atoms with Gasteiger partial charge in [0.2, 0.25) is 0 Å². The SMILES string of the molecule is Cc1ncc(-c2ccc(OCCC3CCCCC3)cc2)c(N2CCC(C)(C)CC2)c1CC(=O)O. The predicted molar refractivity (Wildman–Crippen MR) is 138 cm³/mol. The maximum absolute atomic E-state index is 11.7. The van der Waals surface area contributed by atoms with Crippen LogP contribution in [0.15, 0.2) is 30.5 Å². The van der Waals surface area contributed by atoms with Crippen LogP contribution in [0.2, 0.25) is 0 Å². The van der Waals surface area contributed by atoms with Gasteiger partial charge in [0.1, 0.15) is 5.75 Å². The summed E-state index contributed by atoms with van der Waals surface area (Å²) in [5, 5.41) is 9.61. The van der Waals surface area contributed by atoms with Gasteiger partial charge in [0.15, 0.2) is 0 Å². The highest BCUT2D eigenvalue weighted by molar-refractivity contribution is 5.84. The number of hydrogen-bond donors (Lipinski definition) is 1. The summed E-state index contributed by atoms with van der Waals surface area (Å²) in [4.78, 5) is 18.7. The molecule has 4 rings (SSSR count). The van der Waals surface area contributed by atoms with Gasteiger partial charge < -0.3 is 14.7 Å². The lowest BCUT2D eigenvalue weighted by Crippen LogP contribution is -2.38. The number of aryl methyl sites for hydroxylation is 1. The molecular formula is C29H40N2O3. The summed E-state index contributed by atoms with van der Waals surface area (Å²) in [6.45, 7) is 9.18. The zero-order valence-corrected chi connectivity index (χ0v) is 21.1. The van der Waals surface area contributed by atoms with Crippen molar-refractivity contribution in [2.75, 3.05) is 24.6 Å². The third kappa shape index (κ3) is 6.11. The van der Waals surface area contributed by atoms with E-state index in [0.717, 1.165) is 78.7 Å². The lowest BCUT2D eigenvalue weighted by atomic mass is 9.82. The fraction of sp³-hybridized carbons (Fsp3) is 0.586. The number of hydrogen-bond acceptors (Lipinski definition) is 4. The number of rotatable bonds is 8. The highest BCUT2D eigenvalue weighted by atomic mass is 16.5. The van der Waals surface area contributed by atoms with Gasteiger partial charge in [-0.05, 0) is 55.2 Å². The van der Waals surface area contributed by atoms with Crippen LogP contribution in [0.5, 0.6) is 5.75 Å². The monoisotopic (exact) mass is 464 g/mol. The molecule has 2 aliphatic rings. The van der Waals surface area contributed by atoms with Gasteiger partial charge in [-0.1, -0.05) is 58.1 Å². The summed E-state index contributed by atoms with van der Waals surface area (Å²) >= 11 is 0. The molecule has 0 bridgehead atoms. The largest absolute Gasteiger partial charge is 0.494 e. The van der Waals surface area contributed by atoms with Crippen molar-refractivity contribution < 1.29 is 14.6 Å². The molecule has 1 saturated heterocycles. The average Bonchev–Trinajstić information content (AvgIpc) is 2.82. The number of benzene rings is 1. The van der Waals surface area contributed by atoms with Crippen molar-refractivity contribution in [2.24, 2.45) is 11.3 Å². The number of piperidine rings is 1. The molecule has 34 heavy (non-hydrogen) atoms. The Morgan fingerprint density at radius 1 is 1.12 bits per heavy atom. The van der Waals surface area contributed by atoms with E-state index in [-0.39, 0.29) is 6.42 Å². The molecule has 0 spiro atoms. The number of anilines is 1. The maximum atomic E-state index is 11.7. The molecule has 1 aromatic heterocycles. The third-order valence-corrected chi connectivity index (χ3v) is 7.81. The molecular weight excluding hydrogens is 424 g/mol. The number of aromatic nitrogens is 1. The number of nitrogens with zero attached hydrogens (tertiary/aromatic N) is 2. The van der Waals surface area contributed by atoms with Crippen molar-refractivity contribution in [1.29, 1.82) is 0 Å². The van der Waals surface area contributed by atoms with Crippen molar-refractivity contribution in [2.45, 2.75) is 78.6 Å². The van der Waals surface area contributed by atoms with Crippen molar-refractivity contribution in [3.05, 3.63) is 41.7 Å². The van der Waals surface area contributed by atoms with Gasteiger partial charge in [-0.2, -0.15) is 0 Å². The standard InChI is InChI=1S/C29H40N2O3/c1-21-25(19-27(32)33)28(31-16-14-29(2,3)15-17-31)26(20-30-21)23-9-11-24(12-10-23)34-18-13-22-7-5-4-6-8-22/h9-12,20,22H,4-8,13-19H2,1-3H3,(H,32,33). The van der Waals surface area contributed by atoms with Gasteiger partial charge in [-0.25, -0.2) is 0 Å². The Hall–Kier alpha value is -2.56. The molecule has 1 saturated carbocycles. The van der Waals surface area contributed by atoms with Gasteiger partial charge in [0, 0.05) is 36.1 Å². The van der Waals surface area contributed by atoms with Crippen LogP contribution in [-0.4, -0.2) is 35.8 Å². The minimum atomic E-state index is -0.817. The summed E-state index contributed by atoms with van der Waals surface area (Å²) in [6, 6.07) is 8.25. The van der Waals surface area contributed by atoms with Gasteiger partial charge in [0.05, 0.1) is 18.7 Å². The molecule has 1 aliphatic carbocycles. The number of carboxylic acid groups (broad SMARTS) is 1. The van der Waals surface area contributed by atoms with E-state index in [1.54, 1.807) is 0 Å². The van der Waals surface area contributed by atoms with E-state index in [1.807, 2.05) is 25.3 Å². The van der Waals surface area contributed by atoms with E-state index in [2.05, 4.69) is 35.9 Å². The Balaban J connectivity index is 1.54. The van der Waals surface area contributed by atoms with E-state index >= 15 is 0 Å². The Labute approximate surface area is 204 Å². The van der Waals surface area contributed by atoms with Crippen molar-refractivity contribution in [1.82, 2.24) is 4.98 Å². The molecule has 5 heteroatoms. The van der Waals surface area contributed by atoms with Gasteiger partial charge in [-0.15, -0.1) is 0 Å². The van der Waals surface area contributed by atoms with Crippen LogP contribution < -0.4 is 9.64 Å². The first-order chi connectivity index (χ1) is 16.3. The van der Waals surface area contributed by atoms with Gasteiger partial charge in [0.25, 0.3) is 0 Å². The Bertz CT molecular complexity index is 968. The minimum absolute atomic E-state index is 0.00966. The van der Waals surface area contributed by atoms with E-state index in [1.165, 1.54) is 32.1 Å². The molecule has 0 amide bonds. The van der Waals surface area contributed by atoms with E-state index in [9.17, 15) is 9.90 Å². The number of pyridine rings is 1. The second-order valence-electron chi connectivity index (χ2n) is 11.0. The summed E-state index contributed by atoms with van der Waals surface area (Å²) in [5.41, 5.74) is 5.05. The Morgan fingerprint density at radius 2 is 1.79 bits per heavy atom. The zero-order valence-electron chi connectivity index (χ0n) is 21.1. The average molecular weight is 465 g/mol. The van der Waals surface area contributed by atoms with Crippen LogP contribution in [0.1, 0.15) is 76.5 Å². The van der Waals surface area contributed by atoms with Crippen LogP contribution in [-0.2, 0) is 11.2 Å². The van der Waals surface area contributed by atoms with Crippen LogP contribution >= 0.6 is 0 Å². The lowest BCUT2D eigenvalue weighted by molar-refractivity contribution is -0.136. The maximum Gasteiger partial charge on any atom is 0.307 e. The molecule has 2 fully saturated rings. The molecule has 0 atom stereocenters.